The third kappa shape index (κ3) is 4.02. The Morgan fingerprint density at radius 2 is 1.88 bits per heavy atom. The van der Waals surface area contributed by atoms with Gasteiger partial charge in [0.05, 0.1) is 5.60 Å². The van der Waals surface area contributed by atoms with E-state index in [1.54, 1.807) is 11.6 Å². The summed E-state index contributed by atoms with van der Waals surface area (Å²) in [7, 11) is 3.94. The highest BCUT2D eigenvalue weighted by Crippen LogP contribution is 2.55. The van der Waals surface area contributed by atoms with Gasteiger partial charge in [-0.3, -0.25) is 14.3 Å². The molecule has 4 aliphatic carbocycles. The summed E-state index contributed by atoms with van der Waals surface area (Å²) in [5, 5.41) is 18.6. The average Bonchev–Trinajstić information content (AvgIpc) is 3.11. The first kappa shape index (κ1) is 21.7. The monoisotopic (exact) mass is 443 g/mol. The van der Waals surface area contributed by atoms with Crippen LogP contribution in [-0.4, -0.2) is 69.9 Å². The Bertz CT molecular complexity index is 874. The number of hydrogen-bond acceptors (Lipinski definition) is 5. The van der Waals surface area contributed by atoms with Gasteiger partial charge in [-0.05, 0) is 68.6 Å². The first-order valence-electron chi connectivity index (χ1n) is 12.2. The van der Waals surface area contributed by atoms with E-state index in [1.165, 1.54) is 0 Å². The maximum atomic E-state index is 13.1. The van der Waals surface area contributed by atoms with Crippen LogP contribution in [0.2, 0.25) is 0 Å². The topological polar surface area (TPSA) is 90.7 Å². The summed E-state index contributed by atoms with van der Waals surface area (Å²) in [5.74, 6) is 2.93. The summed E-state index contributed by atoms with van der Waals surface area (Å²) >= 11 is 0. The number of aromatic nitrogens is 2. The molecule has 1 aliphatic heterocycles. The molecule has 32 heavy (non-hydrogen) atoms. The fourth-order valence-electron chi connectivity index (χ4n) is 7.28. The number of piperidine rings is 1. The lowest BCUT2D eigenvalue weighted by atomic mass is 9.52. The minimum absolute atomic E-state index is 0.0977. The van der Waals surface area contributed by atoms with Crippen LogP contribution in [0.4, 0.5) is 5.82 Å². The standard InChI is InChI=1S/C24H37N5O3/c1-15(30)29-6-4-16(5-7-29)14-27(2)21-10-20(26-28(21)3)23(31)25-22-18-8-17-9-19(22)13-24(32,11-17)12-18/h10,16-19,22,32H,4-9,11-14H2,1-3H3,(H,25,31)/t17?,18?,19?,22-,24-. The zero-order valence-corrected chi connectivity index (χ0v) is 19.6. The minimum atomic E-state index is -0.487. The number of nitrogens with one attached hydrogen (secondary N) is 1. The van der Waals surface area contributed by atoms with Crippen molar-refractivity contribution < 1.29 is 14.7 Å². The third-order valence-corrected chi connectivity index (χ3v) is 8.61. The average molecular weight is 444 g/mol. The minimum Gasteiger partial charge on any atom is -0.390 e. The molecule has 2 heterocycles. The van der Waals surface area contributed by atoms with Crippen LogP contribution in [0.15, 0.2) is 6.07 Å². The van der Waals surface area contributed by atoms with Crippen LogP contribution in [0.1, 0.15) is 62.4 Å². The Labute approximate surface area is 190 Å². The highest BCUT2D eigenvalue weighted by atomic mass is 16.3. The van der Waals surface area contributed by atoms with Gasteiger partial charge in [-0.2, -0.15) is 5.10 Å². The van der Waals surface area contributed by atoms with Gasteiger partial charge in [0.25, 0.3) is 5.91 Å². The normalized spacial score (nSPS) is 34.1. The summed E-state index contributed by atoms with van der Waals surface area (Å²) < 4.78 is 1.79. The van der Waals surface area contributed by atoms with E-state index in [2.05, 4.69) is 22.4 Å². The molecule has 2 atom stereocenters. The molecule has 0 radical (unpaired) electrons. The van der Waals surface area contributed by atoms with Crippen molar-refractivity contribution >= 4 is 17.6 Å². The van der Waals surface area contributed by atoms with Gasteiger partial charge in [-0.25, -0.2) is 0 Å². The number of rotatable bonds is 5. The van der Waals surface area contributed by atoms with E-state index in [0.717, 1.165) is 70.4 Å². The fourth-order valence-corrected chi connectivity index (χ4v) is 7.28. The second kappa shape index (κ2) is 8.04. The van der Waals surface area contributed by atoms with E-state index in [-0.39, 0.29) is 17.9 Å². The maximum Gasteiger partial charge on any atom is 0.272 e. The summed E-state index contributed by atoms with van der Waals surface area (Å²) in [6.07, 6.45) is 6.86. The van der Waals surface area contributed by atoms with Gasteiger partial charge in [0.1, 0.15) is 5.82 Å². The van der Waals surface area contributed by atoms with Gasteiger partial charge in [-0.15, -0.1) is 0 Å². The molecule has 2 amide bonds. The largest absolute Gasteiger partial charge is 0.390 e. The van der Waals surface area contributed by atoms with Crippen molar-refractivity contribution in [2.45, 2.75) is 63.5 Å². The molecule has 0 spiro atoms. The molecular formula is C24H37N5O3. The Morgan fingerprint density at radius 1 is 1.22 bits per heavy atom. The molecule has 0 aromatic carbocycles. The number of likely N-dealkylation sites (tertiary alicyclic amines) is 1. The van der Waals surface area contributed by atoms with Crippen LogP contribution >= 0.6 is 0 Å². The van der Waals surface area contributed by atoms with Crippen LogP contribution < -0.4 is 10.2 Å². The van der Waals surface area contributed by atoms with Gasteiger partial charge < -0.3 is 20.2 Å². The summed E-state index contributed by atoms with van der Waals surface area (Å²) in [6, 6.07) is 2.05. The lowest BCUT2D eigenvalue weighted by molar-refractivity contribution is -0.137. The van der Waals surface area contributed by atoms with Crippen molar-refractivity contribution in [3.63, 3.8) is 0 Å². The third-order valence-electron chi connectivity index (χ3n) is 8.61. The SMILES string of the molecule is CC(=O)N1CCC(CN(C)c2cc(C(=O)N[C@H]3C4CC5CC3C[C@](O)(C5)C4)nn2C)CC1. The number of carbonyl (C=O) groups is 2. The van der Waals surface area contributed by atoms with Gasteiger partial charge in [-0.1, -0.05) is 0 Å². The second-order valence-corrected chi connectivity index (χ2v) is 11.0. The number of carbonyl (C=O) groups excluding carboxylic acids is 2. The first-order valence-corrected chi connectivity index (χ1v) is 12.2. The van der Waals surface area contributed by atoms with Gasteiger partial charge in [0.15, 0.2) is 5.69 Å². The van der Waals surface area contributed by atoms with Crippen LogP contribution in [0, 0.1) is 23.7 Å². The summed E-state index contributed by atoms with van der Waals surface area (Å²) in [4.78, 5) is 28.7. The number of nitrogens with zero attached hydrogens (tertiary/aromatic N) is 4. The highest BCUT2D eigenvalue weighted by molar-refractivity contribution is 5.93. The predicted octanol–water partition coefficient (Wildman–Crippen LogP) is 1.78. The predicted molar refractivity (Wildman–Crippen MR) is 121 cm³/mol. The van der Waals surface area contributed by atoms with E-state index in [1.807, 2.05) is 18.0 Å². The molecule has 8 nitrogen and oxygen atoms in total. The smallest absolute Gasteiger partial charge is 0.272 e. The number of anilines is 1. The molecule has 2 unspecified atom stereocenters. The molecule has 2 N–H and O–H groups in total. The quantitative estimate of drug-likeness (QED) is 0.724. The molecule has 4 saturated carbocycles. The van der Waals surface area contributed by atoms with Crippen LogP contribution in [0.3, 0.4) is 0 Å². The Hall–Kier alpha value is -2.09. The van der Waals surface area contributed by atoms with E-state index in [0.29, 0.717) is 29.4 Å². The van der Waals surface area contributed by atoms with E-state index >= 15 is 0 Å². The van der Waals surface area contributed by atoms with Crippen LogP contribution in [0.25, 0.3) is 0 Å². The lowest BCUT2D eigenvalue weighted by Crippen LogP contribution is -2.61. The first-order chi connectivity index (χ1) is 15.2. The van der Waals surface area contributed by atoms with Crippen molar-refractivity contribution in [3.8, 4) is 0 Å². The number of amides is 2. The van der Waals surface area contributed by atoms with Crippen molar-refractivity contribution in [2.75, 3.05) is 31.6 Å². The van der Waals surface area contributed by atoms with Crippen molar-refractivity contribution in [3.05, 3.63) is 11.8 Å². The molecule has 176 valence electrons. The summed E-state index contributed by atoms with van der Waals surface area (Å²) in [5.41, 5.74) is -0.0209. The number of aryl methyl sites for hydroxylation is 1. The Morgan fingerprint density at radius 3 is 2.47 bits per heavy atom. The van der Waals surface area contributed by atoms with Crippen molar-refractivity contribution in [2.24, 2.45) is 30.7 Å². The second-order valence-electron chi connectivity index (χ2n) is 11.0. The summed E-state index contributed by atoms with van der Waals surface area (Å²) in [6.45, 7) is 4.18. The maximum absolute atomic E-state index is 13.1. The molecule has 1 saturated heterocycles. The van der Waals surface area contributed by atoms with E-state index < -0.39 is 5.60 Å². The van der Waals surface area contributed by atoms with E-state index in [9.17, 15) is 14.7 Å². The van der Waals surface area contributed by atoms with Gasteiger partial charge in [0.2, 0.25) is 5.91 Å². The molecule has 8 heteroatoms. The Balaban J connectivity index is 1.20. The molecule has 5 fully saturated rings. The zero-order valence-electron chi connectivity index (χ0n) is 19.6. The lowest BCUT2D eigenvalue weighted by Gasteiger charge is -2.58. The van der Waals surface area contributed by atoms with Crippen LogP contribution in [0.5, 0.6) is 0 Å². The fraction of sp³-hybridized carbons (Fsp3) is 0.792. The van der Waals surface area contributed by atoms with Crippen LogP contribution in [-0.2, 0) is 11.8 Å². The van der Waals surface area contributed by atoms with E-state index in [4.69, 9.17) is 0 Å². The van der Waals surface area contributed by atoms with Crippen molar-refractivity contribution in [1.82, 2.24) is 20.0 Å². The van der Waals surface area contributed by atoms with Crippen molar-refractivity contribution in [1.29, 1.82) is 0 Å². The molecule has 6 rings (SSSR count). The molecule has 5 aliphatic rings. The molecular weight excluding hydrogens is 406 g/mol. The number of hydrogen-bond donors (Lipinski definition) is 2. The Kier molecular flexibility index (Phi) is 5.47. The van der Waals surface area contributed by atoms with Gasteiger partial charge in [0, 0.05) is 52.8 Å². The zero-order chi connectivity index (χ0) is 22.6. The highest BCUT2D eigenvalue weighted by Gasteiger charge is 2.55. The molecule has 4 bridgehead atoms. The number of aliphatic hydroxyl groups is 1. The molecule has 1 aromatic rings. The van der Waals surface area contributed by atoms with Gasteiger partial charge >= 0.3 is 0 Å². The molecule has 1 aromatic heterocycles.